The van der Waals surface area contributed by atoms with Gasteiger partial charge in [-0.1, -0.05) is 6.07 Å². The van der Waals surface area contributed by atoms with Gasteiger partial charge in [-0.15, -0.1) is 0 Å². The van der Waals surface area contributed by atoms with E-state index in [4.69, 9.17) is 9.84 Å². The van der Waals surface area contributed by atoms with Crippen molar-refractivity contribution in [2.24, 2.45) is 0 Å². The van der Waals surface area contributed by atoms with Crippen LogP contribution >= 0.6 is 0 Å². The Labute approximate surface area is 203 Å². The number of halogens is 3. The zero-order chi connectivity index (χ0) is 26.0. The lowest BCUT2D eigenvalue weighted by atomic mass is 10.1. The van der Waals surface area contributed by atoms with Gasteiger partial charge < -0.3 is 20.5 Å². The van der Waals surface area contributed by atoms with Gasteiger partial charge in [0.2, 0.25) is 0 Å². The third-order valence-electron chi connectivity index (χ3n) is 5.39. The summed E-state index contributed by atoms with van der Waals surface area (Å²) < 4.78 is 49.0. The first-order valence-electron chi connectivity index (χ1n) is 10.8. The SMILES string of the molecule is Cc1cc(OCc2c(F)cccc2F)c2nc(C)c(C(=O)Nc3ccc(F)cc3CNC(=O)O)n2c1. The summed E-state index contributed by atoms with van der Waals surface area (Å²) in [6.07, 6.45) is 0.352. The standard InChI is InChI=1S/C25H21F3N4O4/c1-13-8-21(36-12-17-18(27)4-3-5-19(17)28)23-30-14(2)22(32(23)11-13)24(33)31-20-7-6-16(26)9-15(20)10-29-25(34)35/h3-9,11,29H,10,12H2,1-2H3,(H,31,33)(H,34,35). The number of aromatic nitrogens is 2. The van der Waals surface area contributed by atoms with Gasteiger partial charge in [-0.3, -0.25) is 9.20 Å². The van der Waals surface area contributed by atoms with Crippen LogP contribution in [0.3, 0.4) is 0 Å². The summed E-state index contributed by atoms with van der Waals surface area (Å²) in [5, 5.41) is 13.7. The maximum absolute atomic E-state index is 14.0. The normalized spacial score (nSPS) is 10.9. The number of carboxylic acid groups (broad SMARTS) is 1. The highest BCUT2D eigenvalue weighted by Gasteiger charge is 2.21. The van der Waals surface area contributed by atoms with Crippen LogP contribution in [0.25, 0.3) is 5.65 Å². The van der Waals surface area contributed by atoms with Crippen molar-refractivity contribution in [2.45, 2.75) is 27.0 Å². The van der Waals surface area contributed by atoms with Crippen LogP contribution in [-0.2, 0) is 13.2 Å². The fourth-order valence-electron chi connectivity index (χ4n) is 3.74. The number of pyridine rings is 1. The van der Waals surface area contributed by atoms with E-state index in [0.29, 0.717) is 11.3 Å². The van der Waals surface area contributed by atoms with Crippen LogP contribution in [0.2, 0.25) is 0 Å². The smallest absolute Gasteiger partial charge is 0.404 e. The molecule has 0 unspecified atom stereocenters. The maximum atomic E-state index is 14.0. The molecule has 8 nitrogen and oxygen atoms in total. The fraction of sp³-hybridized carbons (Fsp3) is 0.160. The number of nitrogens with one attached hydrogen (secondary N) is 2. The molecule has 0 spiro atoms. The van der Waals surface area contributed by atoms with Gasteiger partial charge in [0.25, 0.3) is 5.91 Å². The largest absolute Gasteiger partial charge is 0.485 e. The first-order valence-corrected chi connectivity index (χ1v) is 10.8. The molecule has 0 radical (unpaired) electrons. The number of carbonyl (C=O) groups excluding carboxylic acids is 1. The van der Waals surface area contributed by atoms with Crippen LogP contribution < -0.4 is 15.4 Å². The van der Waals surface area contributed by atoms with Crippen LogP contribution in [0.4, 0.5) is 23.7 Å². The number of carbonyl (C=O) groups is 2. The van der Waals surface area contributed by atoms with Crippen molar-refractivity contribution in [1.82, 2.24) is 14.7 Å². The first kappa shape index (κ1) is 24.6. The van der Waals surface area contributed by atoms with Crippen molar-refractivity contribution in [3.63, 3.8) is 0 Å². The highest BCUT2D eigenvalue weighted by atomic mass is 19.1. The molecule has 4 aromatic rings. The summed E-state index contributed by atoms with van der Waals surface area (Å²) in [7, 11) is 0. The van der Waals surface area contributed by atoms with E-state index < -0.39 is 29.5 Å². The molecule has 2 amide bonds. The van der Waals surface area contributed by atoms with Crippen molar-refractivity contribution >= 4 is 23.3 Å². The molecular weight excluding hydrogens is 477 g/mol. The molecule has 0 bridgehead atoms. The molecule has 2 aromatic carbocycles. The first-order chi connectivity index (χ1) is 17.1. The number of nitrogens with zero attached hydrogens (tertiary/aromatic N) is 2. The van der Waals surface area contributed by atoms with Gasteiger partial charge in [-0.2, -0.15) is 0 Å². The Bertz CT molecular complexity index is 1470. The summed E-state index contributed by atoms with van der Waals surface area (Å²) in [5.41, 5.74) is 1.63. The quantitative estimate of drug-likeness (QED) is 0.334. The number of amides is 2. The topological polar surface area (TPSA) is 105 Å². The second-order valence-corrected chi connectivity index (χ2v) is 8.02. The van der Waals surface area contributed by atoms with E-state index in [1.165, 1.54) is 16.5 Å². The number of fused-ring (bicyclic) bond motifs is 1. The zero-order valence-electron chi connectivity index (χ0n) is 19.2. The zero-order valence-corrected chi connectivity index (χ0v) is 19.2. The van der Waals surface area contributed by atoms with Crippen molar-refractivity contribution in [3.8, 4) is 5.75 Å². The average molecular weight is 498 g/mol. The lowest BCUT2D eigenvalue weighted by Crippen LogP contribution is -2.22. The Kier molecular flexibility index (Phi) is 6.82. The van der Waals surface area contributed by atoms with E-state index in [-0.39, 0.29) is 47.1 Å². The lowest BCUT2D eigenvalue weighted by molar-refractivity contribution is 0.102. The van der Waals surface area contributed by atoms with Gasteiger partial charge in [0.15, 0.2) is 11.4 Å². The van der Waals surface area contributed by atoms with Crippen molar-refractivity contribution in [1.29, 1.82) is 0 Å². The number of benzene rings is 2. The summed E-state index contributed by atoms with van der Waals surface area (Å²) in [6.45, 7) is 2.75. The molecule has 4 rings (SSSR count). The number of anilines is 1. The monoisotopic (exact) mass is 498 g/mol. The van der Waals surface area contributed by atoms with Crippen LogP contribution in [0.5, 0.6) is 5.75 Å². The predicted octanol–water partition coefficient (Wildman–Crippen LogP) is 4.97. The molecule has 0 atom stereocenters. The minimum absolute atomic E-state index is 0.150. The van der Waals surface area contributed by atoms with E-state index in [0.717, 1.165) is 24.3 Å². The van der Waals surface area contributed by atoms with Gasteiger partial charge in [0, 0.05) is 18.4 Å². The molecule has 0 fully saturated rings. The Morgan fingerprint density at radius 2 is 1.81 bits per heavy atom. The Hall–Kier alpha value is -4.54. The number of hydrogen-bond acceptors (Lipinski definition) is 4. The molecule has 0 saturated carbocycles. The molecule has 0 aliphatic heterocycles. The maximum Gasteiger partial charge on any atom is 0.404 e. The molecule has 3 N–H and O–H groups in total. The van der Waals surface area contributed by atoms with E-state index in [1.807, 2.05) is 0 Å². The molecule has 2 heterocycles. The summed E-state index contributed by atoms with van der Waals surface area (Å²) >= 11 is 0. The summed E-state index contributed by atoms with van der Waals surface area (Å²) in [5.74, 6) is -2.45. The van der Waals surface area contributed by atoms with Crippen molar-refractivity contribution in [2.75, 3.05) is 5.32 Å². The van der Waals surface area contributed by atoms with Gasteiger partial charge >= 0.3 is 6.09 Å². The molecule has 11 heteroatoms. The third kappa shape index (κ3) is 5.09. The minimum atomic E-state index is -1.30. The molecule has 0 aliphatic carbocycles. The van der Waals surface area contributed by atoms with Crippen molar-refractivity contribution in [3.05, 3.63) is 94.2 Å². The van der Waals surface area contributed by atoms with E-state index in [2.05, 4.69) is 15.6 Å². The van der Waals surface area contributed by atoms with Crippen molar-refractivity contribution < 1.29 is 32.6 Å². The van der Waals surface area contributed by atoms with Crippen LogP contribution in [0.1, 0.15) is 32.9 Å². The van der Waals surface area contributed by atoms with Crippen LogP contribution in [-0.4, -0.2) is 26.5 Å². The van der Waals surface area contributed by atoms with E-state index >= 15 is 0 Å². The molecule has 0 saturated heterocycles. The molecule has 2 aromatic heterocycles. The highest BCUT2D eigenvalue weighted by molar-refractivity contribution is 6.05. The van der Waals surface area contributed by atoms with E-state index in [1.54, 1.807) is 26.1 Å². The van der Waals surface area contributed by atoms with Crippen LogP contribution in [0.15, 0.2) is 48.7 Å². The number of hydrogen-bond donors (Lipinski definition) is 3. The van der Waals surface area contributed by atoms with Gasteiger partial charge in [0.1, 0.15) is 29.8 Å². The second-order valence-electron chi connectivity index (χ2n) is 8.02. The van der Waals surface area contributed by atoms with Gasteiger partial charge in [0.05, 0.1) is 11.3 Å². The highest BCUT2D eigenvalue weighted by Crippen LogP contribution is 2.27. The number of aryl methyl sites for hydroxylation is 2. The van der Waals surface area contributed by atoms with Gasteiger partial charge in [-0.25, -0.2) is 22.9 Å². The molecule has 36 heavy (non-hydrogen) atoms. The van der Waals surface area contributed by atoms with Crippen LogP contribution in [0, 0.1) is 31.3 Å². The summed E-state index contributed by atoms with van der Waals surface area (Å²) in [4.78, 5) is 28.5. The minimum Gasteiger partial charge on any atom is -0.485 e. The molecule has 0 aliphatic rings. The molecular formula is C25H21F3N4O4. The number of imidazole rings is 1. The second kappa shape index (κ2) is 9.98. The summed E-state index contributed by atoms with van der Waals surface area (Å²) in [6, 6.07) is 8.73. The Morgan fingerprint density at radius 1 is 1.08 bits per heavy atom. The predicted molar refractivity (Wildman–Crippen MR) is 125 cm³/mol. The Morgan fingerprint density at radius 3 is 2.50 bits per heavy atom. The van der Waals surface area contributed by atoms with Gasteiger partial charge in [-0.05, 0) is 61.4 Å². The molecule has 186 valence electrons. The fourth-order valence-corrected chi connectivity index (χ4v) is 3.74. The average Bonchev–Trinajstić information content (AvgIpc) is 3.14. The lowest BCUT2D eigenvalue weighted by Gasteiger charge is -2.13. The third-order valence-corrected chi connectivity index (χ3v) is 5.39. The Balaban J connectivity index is 1.66. The number of ether oxygens (including phenoxy) is 1. The van der Waals surface area contributed by atoms with E-state index in [9.17, 15) is 22.8 Å². The number of rotatable bonds is 7.